The summed E-state index contributed by atoms with van der Waals surface area (Å²) in [6.07, 6.45) is 4.97. The fourth-order valence-corrected chi connectivity index (χ4v) is 4.97. The maximum Gasteiger partial charge on any atom is 0.197 e. The molecule has 0 spiro atoms. The lowest BCUT2D eigenvalue weighted by molar-refractivity contribution is 0.0990. The molecule has 0 unspecified atom stereocenters. The van der Waals surface area contributed by atoms with Crippen LogP contribution >= 0.6 is 0 Å². The molecule has 3 aromatic heterocycles. The van der Waals surface area contributed by atoms with Crippen molar-refractivity contribution in [2.45, 2.75) is 0 Å². The van der Waals surface area contributed by atoms with Gasteiger partial charge >= 0.3 is 0 Å². The number of imidazole rings is 2. The number of pyridine rings is 1. The fourth-order valence-electron chi connectivity index (χ4n) is 4.97. The summed E-state index contributed by atoms with van der Waals surface area (Å²) in [6, 6.07) is 24.9. The smallest absolute Gasteiger partial charge is 0.197 e. The Morgan fingerprint density at radius 2 is 1.43 bits per heavy atom. The molecule has 1 aliphatic carbocycles. The third kappa shape index (κ3) is 3.18. The minimum absolute atomic E-state index is 0.0917. The van der Waals surface area contributed by atoms with Crippen LogP contribution in [0.2, 0.25) is 0 Å². The molecule has 0 bridgehead atoms. The van der Waals surface area contributed by atoms with Gasteiger partial charge in [0.2, 0.25) is 0 Å². The molecule has 0 aliphatic heterocycles. The molecular formula is C30H19N5O2. The summed E-state index contributed by atoms with van der Waals surface area (Å²) in [7, 11) is 1.91. The van der Waals surface area contributed by atoms with Crippen molar-refractivity contribution in [1.29, 1.82) is 0 Å². The molecule has 176 valence electrons. The maximum absolute atomic E-state index is 13.4. The number of hydrogen-bond acceptors (Lipinski definition) is 5. The molecule has 0 N–H and O–H groups in total. The number of aromatic nitrogens is 5. The molecule has 37 heavy (non-hydrogen) atoms. The summed E-state index contributed by atoms with van der Waals surface area (Å²) in [5, 5.41) is 1.84. The van der Waals surface area contributed by atoms with Crippen molar-refractivity contribution in [2.24, 2.45) is 7.05 Å². The average molecular weight is 482 g/mol. The van der Waals surface area contributed by atoms with Crippen molar-refractivity contribution in [3.05, 3.63) is 114 Å². The zero-order valence-electron chi connectivity index (χ0n) is 19.8. The molecule has 6 aromatic rings. The zero-order valence-corrected chi connectivity index (χ0v) is 19.8. The summed E-state index contributed by atoms with van der Waals surface area (Å²) in [5.41, 5.74) is 3.87. The Morgan fingerprint density at radius 3 is 2.08 bits per heavy atom. The number of Topliss-reactive ketones (excluding diaryl/α,β-unsaturated/α-hetero) is 2. The topological polar surface area (TPSA) is 82.7 Å². The Labute approximate surface area is 211 Å². The summed E-state index contributed by atoms with van der Waals surface area (Å²) in [4.78, 5) is 40.8. The minimum atomic E-state index is -0.298. The summed E-state index contributed by atoms with van der Waals surface area (Å²) in [5.74, 6) is 0.610. The Hall–Kier alpha value is -5.17. The van der Waals surface area contributed by atoms with Gasteiger partial charge in [-0.05, 0) is 41.1 Å². The van der Waals surface area contributed by atoms with Gasteiger partial charge in [-0.1, -0.05) is 54.6 Å². The number of rotatable bonds is 3. The van der Waals surface area contributed by atoms with Gasteiger partial charge in [-0.25, -0.2) is 9.97 Å². The van der Waals surface area contributed by atoms with E-state index in [1.807, 2.05) is 82.9 Å². The van der Waals surface area contributed by atoms with Gasteiger partial charge in [0.15, 0.2) is 22.9 Å². The van der Waals surface area contributed by atoms with E-state index in [9.17, 15) is 9.59 Å². The predicted molar refractivity (Wildman–Crippen MR) is 142 cm³/mol. The van der Waals surface area contributed by atoms with E-state index in [0.717, 1.165) is 27.8 Å². The molecule has 7 nitrogen and oxygen atoms in total. The van der Waals surface area contributed by atoms with Gasteiger partial charge in [0.1, 0.15) is 11.6 Å². The highest BCUT2D eigenvalue weighted by molar-refractivity contribution is 6.42. The molecule has 7 heteroatoms. The number of carbonyl (C=O) groups excluding carboxylic acids is 2. The number of hydrogen-bond donors (Lipinski definition) is 0. The van der Waals surface area contributed by atoms with E-state index in [2.05, 4.69) is 4.98 Å². The lowest BCUT2D eigenvalue weighted by atomic mass is 10.0. The molecular weight excluding hydrogens is 462 g/mol. The van der Waals surface area contributed by atoms with Crippen LogP contribution in [0.15, 0.2) is 96.8 Å². The van der Waals surface area contributed by atoms with Crippen LogP contribution in [-0.2, 0) is 7.05 Å². The normalized spacial score (nSPS) is 13.1. The van der Waals surface area contributed by atoms with E-state index in [4.69, 9.17) is 9.97 Å². The van der Waals surface area contributed by atoms with Crippen LogP contribution in [0.4, 0.5) is 0 Å². The first-order chi connectivity index (χ1) is 18.1. The van der Waals surface area contributed by atoms with Crippen LogP contribution < -0.4 is 0 Å². The lowest BCUT2D eigenvalue weighted by Crippen LogP contribution is -2.04. The predicted octanol–water partition coefficient (Wildman–Crippen LogP) is 5.44. The van der Waals surface area contributed by atoms with Crippen LogP contribution in [-0.4, -0.2) is 35.7 Å². The van der Waals surface area contributed by atoms with Crippen LogP contribution in [0.3, 0.4) is 0 Å². The van der Waals surface area contributed by atoms with Gasteiger partial charge < -0.3 is 4.57 Å². The molecule has 3 heterocycles. The summed E-state index contributed by atoms with van der Waals surface area (Å²) >= 11 is 0. The third-order valence-electron chi connectivity index (χ3n) is 6.78. The zero-order chi connectivity index (χ0) is 25.1. The van der Waals surface area contributed by atoms with Crippen molar-refractivity contribution < 1.29 is 9.59 Å². The number of ketones is 2. The van der Waals surface area contributed by atoms with E-state index in [-0.39, 0.29) is 17.1 Å². The monoisotopic (exact) mass is 481 g/mol. The summed E-state index contributed by atoms with van der Waals surface area (Å²) < 4.78 is 3.75. The second-order valence-electron chi connectivity index (χ2n) is 8.99. The third-order valence-corrected chi connectivity index (χ3v) is 6.78. The van der Waals surface area contributed by atoms with Crippen LogP contribution in [0.1, 0.15) is 26.5 Å². The SMILES string of the molecule is Cn1c(-c2ccccc2)nc2c1nc(C=C1C(=O)c3cc4ccccc4cc3C1=O)n2-c1cccnc1. The molecule has 0 fully saturated rings. The first-order valence-electron chi connectivity index (χ1n) is 11.8. The fraction of sp³-hybridized carbons (Fsp3) is 0.0333. The average Bonchev–Trinajstić information content (AvgIpc) is 3.53. The van der Waals surface area contributed by atoms with Gasteiger partial charge in [-0.2, -0.15) is 0 Å². The van der Waals surface area contributed by atoms with Gasteiger partial charge in [0.05, 0.1) is 17.5 Å². The first kappa shape index (κ1) is 21.1. The molecule has 0 radical (unpaired) electrons. The highest BCUT2D eigenvalue weighted by Gasteiger charge is 2.34. The van der Waals surface area contributed by atoms with Crippen molar-refractivity contribution >= 4 is 39.7 Å². The number of benzene rings is 3. The van der Waals surface area contributed by atoms with Crippen LogP contribution in [0, 0.1) is 0 Å². The number of nitrogens with zero attached hydrogens (tertiary/aromatic N) is 5. The Kier molecular flexibility index (Phi) is 4.53. The Bertz CT molecular complexity index is 1860. The molecule has 0 saturated carbocycles. The molecule has 0 atom stereocenters. The number of fused-ring (bicyclic) bond motifs is 3. The van der Waals surface area contributed by atoms with Crippen molar-refractivity contribution in [3.63, 3.8) is 0 Å². The lowest BCUT2D eigenvalue weighted by Gasteiger charge is -2.06. The van der Waals surface area contributed by atoms with E-state index in [1.54, 1.807) is 30.6 Å². The van der Waals surface area contributed by atoms with Gasteiger partial charge in [-0.3, -0.25) is 19.1 Å². The maximum atomic E-state index is 13.4. The largest absolute Gasteiger partial charge is 0.310 e. The van der Waals surface area contributed by atoms with Gasteiger partial charge in [-0.15, -0.1) is 0 Å². The molecule has 1 aliphatic rings. The van der Waals surface area contributed by atoms with Gasteiger partial charge in [0.25, 0.3) is 0 Å². The second-order valence-corrected chi connectivity index (χ2v) is 8.99. The first-order valence-corrected chi connectivity index (χ1v) is 11.8. The van der Waals surface area contributed by atoms with Crippen molar-refractivity contribution in [1.82, 2.24) is 24.1 Å². The molecule has 0 saturated heterocycles. The minimum Gasteiger partial charge on any atom is -0.310 e. The van der Waals surface area contributed by atoms with Crippen LogP contribution in [0.25, 0.3) is 45.2 Å². The van der Waals surface area contributed by atoms with E-state index in [0.29, 0.717) is 28.2 Å². The Balaban J connectivity index is 1.43. The number of allylic oxidation sites excluding steroid dienone is 1. The highest BCUT2D eigenvalue weighted by atomic mass is 16.2. The standard InChI is InChI=1S/C30H19N5O2/c1-34-28(18-8-3-2-4-9-18)33-30-29(34)32-25(35(30)21-12-7-13-31-17-21)16-24-26(36)22-14-19-10-5-6-11-20(19)15-23(22)27(24)37/h2-17H,1H3. The number of aryl methyl sites for hydroxylation is 1. The van der Waals surface area contributed by atoms with E-state index >= 15 is 0 Å². The highest BCUT2D eigenvalue weighted by Crippen LogP contribution is 2.33. The molecule has 3 aromatic carbocycles. The quantitative estimate of drug-likeness (QED) is 0.248. The van der Waals surface area contributed by atoms with E-state index in [1.165, 1.54) is 0 Å². The van der Waals surface area contributed by atoms with Crippen molar-refractivity contribution in [3.8, 4) is 17.1 Å². The molecule has 0 amide bonds. The number of carbonyl (C=O) groups is 2. The molecule has 7 rings (SSSR count). The Morgan fingerprint density at radius 1 is 0.757 bits per heavy atom. The summed E-state index contributed by atoms with van der Waals surface area (Å²) in [6.45, 7) is 0. The van der Waals surface area contributed by atoms with E-state index < -0.39 is 0 Å². The van der Waals surface area contributed by atoms with Crippen molar-refractivity contribution in [2.75, 3.05) is 0 Å². The van der Waals surface area contributed by atoms with Gasteiger partial charge in [0, 0.05) is 29.9 Å². The second kappa shape index (κ2) is 7.93. The van der Waals surface area contributed by atoms with Crippen LogP contribution in [0.5, 0.6) is 0 Å².